The quantitative estimate of drug-likeness (QED) is 0.0261. The summed E-state index contributed by atoms with van der Waals surface area (Å²) in [6.07, 6.45) is 55.7. The standard InChI is InChI=1S/C58H107NO8/c1-3-5-7-9-11-13-15-17-19-21-22-23-24-25-26-27-28-29-30-32-33-35-37-39-41-43-45-47-52(61)51(50-66-58-57(65)56(64)55(63)53(49-60)67-58)59-54(62)48-46-44-42-40-38-36-34-31-20-18-16-14-12-10-8-6-4-2/h6,8,12,14,18,20,34,36,51-53,55-58,60-61,63-65H,3-5,7,9-11,13,15-17,19,21-33,35,37-50H2,1-2H3,(H,59,62)/b8-6-,14-12-,20-18-,36-34-. The molecule has 0 radical (unpaired) electrons. The van der Waals surface area contributed by atoms with Crippen LogP contribution in [-0.2, 0) is 14.3 Å². The summed E-state index contributed by atoms with van der Waals surface area (Å²) >= 11 is 0. The average Bonchev–Trinajstić information content (AvgIpc) is 3.33. The molecule has 6 N–H and O–H groups in total. The van der Waals surface area contributed by atoms with Crippen LogP contribution in [0.25, 0.3) is 0 Å². The van der Waals surface area contributed by atoms with Gasteiger partial charge in [0.05, 0.1) is 25.4 Å². The predicted octanol–water partition coefficient (Wildman–Crippen LogP) is 13.7. The Morgan fingerprint density at radius 1 is 0.522 bits per heavy atom. The number of carbonyl (C=O) groups excluding carboxylic acids is 1. The highest BCUT2D eigenvalue weighted by molar-refractivity contribution is 5.76. The number of aliphatic hydroxyl groups is 5. The molecule has 7 unspecified atom stereocenters. The molecule has 67 heavy (non-hydrogen) atoms. The molecule has 392 valence electrons. The smallest absolute Gasteiger partial charge is 0.220 e. The summed E-state index contributed by atoms with van der Waals surface area (Å²) < 4.78 is 11.3. The molecule has 0 aromatic rings. The van der Waals surface area contributed by atoms with Gasteiger partial charge in [-0.25, -0.2) is 0 Å². The molecule has 7 atom stereocenters. The molecule has 1 amide bonds. The first-order valence-electron chi connectivity index (χ1n) is 28.3. The molecule has 0 bridgehead atoms. The highest BCUT2D eigenvalue weighted by Gasteiger charge is 2.44. The van der Waals surface area contributed by atoms with Crippen LogP contribution in [0.5, 0.6) is 0 Å². The zero-order valence-corrected chi connectivity index (χ0v) is 43.4. The van der Waals surface area contributed by atoms with Crippen LogP contribution in [0.2, 0.25) is 0 Å². The molecule has 0 aliphatic carbocycles. The molecule has 0 spiro atoms. The Hall–Kier alpha value is -1.85. The third kappa shape index (κ3) is 37.6. The lowest BCUT2D eigenvalue weighted by molar-refractivity contribution is -0.302. The van der Waals surface area contributed by atoms with Crippen LogP contribution in [0.1, 0.15) is 258 Å². The number of allylic oxidation sites excluding steroid dienone is 8. The molecule has 0 saturated carbocycles. The van der Waals surface area contributed by atoms with E-state index in [2.05, 4.69) is 67.8 Å². The number of hydrogen-bond acceptors (Lipinski definition) is 8. The van der Waals surface area contributed by atoms with Crippen LogP contribution in [0, 0.1) is 0 Å². The van der Waals surface area contributed by atoms with E-state index in [0.717, 1.165) is 77.0 Å². The second kappa shape index (κ2) is 47.8. The van der Waals surface area contributed by atoms with E-state index in [1.807, 2.05) is 0 Å². The van der Waals surface area contributed by atoms with E-state index in [1.54, 1.807) is 0 Å². The van der Waals surface area contributed by atoms with Gasteiger partial charge < -0.3 is 40.3 Å². The Kier molecular flexibility index (Phi) is 45.1. The number of unbranched alkanes of at least 4 members (excludes halogenated alkanes) is 30. The molecule has 1 heterocycles. The van der Waals surface area contributed by atoms with Crippen molar-refractivity contribution in [3.05, 3.63) is 48.6 Å². The Morgan fingerprint density at radius 3 is 1.37 bits per heavy atom. The van der Waals surface area contributed by atoms with E-state index in [1.165, 1.54) is 154 Å². The number of ether oxygens (including phenoxy) is 2. The maximum absolute atomic E-state index is 13.0. The van der Waals surface area contributed by atoms with Crippen molar-refractivity contribution in [1.29, 1.82) is 0 Å². The van der Waals surface area contributed by atoms with Crippen molar-refractivity contribution >= 4 is 5.91 Å². The van der Waals surface area contributed by atoms with Gasteiger partial charge in [-0.3, -0.25) is 4.79 Å². The van der Waals surface area contributed by atoms with E-state index < -0.39 is 49.5 Å². The van der Waals surface area contributed by atoms with E-state index in [9.17, 15) is 30.3 Å². The van der Waals surface area contributed by atoms with E-state index >= 15 is 0 Å². The van der Waals surface area contributed by atoms with Gasteiger partial charge in [-0.1, -0.05) is 249 Å². The van der Waals surface area contributed by atoms with Crippen molar-refractivity contribution in [3.63, 3.8) is 0 Å². The fourth-order valence-electron chi connectivity index (χ4n) is 8.98. The van der Waals surface area contributed by atoms with Crippen LogP contribution in [0.15, 0.2) is 48.6 Å². The van der Waals surface area contributed by atoms with Gasteiger partial charge in [0, 0.05) is 6.42 Å². The van der Waals surface area contributed by atoms with Gasteiger partial charge in [0.2, 0.25) is 5.91 Å². The van der Waals surface area contributed by atoms with Gasteiger partial charge >= 0.3 is 0 Å². The maximum atomic E-state index is 13.0. The largest absolute Gasteiger partial charge is 0.394 e. The molecule has 1 aliphatic heterocycles. The Labute approximate surface area is 412 Å². The van der Waals surface area contributed by atoms with Crippen molar-refractivity contribution in [2.24, 2.45) is 0 Å². The first-order chi connectivity index (χ1) is 32.8. The third-order valence-corrected chi connectivity index (χ3v) is 13.4. The topological polar surface area (TPSA) is 149 Å². The minimum Gasteiger partial charge on any atom is -0.394 e. The molecule has 9 heteroatoms. The molecule has 9 nitrogen and oxygen atoms in total. The Morgan fingerprint density at radius 2 is 0.925 bits per heavy atom. The minimum atomic E-state index is -1.56. The zero-order valence-electron chi connectivity index (χ0n) is 43.4. The van der Waals surface area contributed by atoms with Gasteiger partial charge in [0.25, 0.3) is 0 Å². The molecule has 1 aliphatic rings. The lowest BCUT2D eigenvalue weighted by atomic mass is 9.99. The van der Waals surface area contributed by atoms with Gasteiger partial charge in [0.1, 0.15) is 24.4 Å². The van der Waals surface area contributed by atoms with Crippen LogP contribution >= 0.6 is 0 Å². The number of rotatable bonds is 48. The summed E-state index contributed by atoms with van der Waals surface area (Å²) in [4.78, 5) is 13.0. The summed E-state index contributed by atoms with van der Waals surface area (Å²) in [5.41, 5.74) is 0. The molecule has 0 aromatic heterocycles. The van der Waals surface area contributed by atoms with Crippen molar-refractivity contribution < 1.29 is 39.8 Å². The average molecular weight is 946 g/mol. The van der Waals surface area contributed by atoms with Crippen molar-refractivity contribution in [2.45, 2.75) is 301 Å². The summed E-state index contributed by atoms with van der Waals surface area (Å²) in [6.45, 7) is 3.73. The Balaban J connectivity index is 2.20. The minimum absolute atomic E-state index is 0.149. The summed E-state index contributed by atoms with van der Waals surface area (Å²) in [7, 11) is 0. The number of hydrogen-bond donors (Lipinski definition) is 6. The third-order valence-electron chi connectivity index (χ3n) is 13.4. The van der Waals surface area contributed by atoms with Gasteiger partial charge in [0.15, 0.2) is 6.29 Å². The summed E-state index contributed by atoms with van der Waals surface area (Å²) in [6, 6.07) is -0.734. The second-order valence-corrected chi connectivity index (χ2v) is 19.7. The highest BCUT2D eigenvalue weighted by Crippen LogP contribution is 2.23. The lowest BCUT2D eigenvalue weighted by Crippen LogP contribution is -2.60. The molecule has 1 saturated heterocycles. The molecule has 0 aromatic carbocycles. The van der Waals surface area contributed by atoms with Crippen LogP contribution in [0.4, 0.5) is 0 Å². The Bertz CT molecular complexity index is 1190. The van der Waals surface area contributed by atoms with Crippen molar-refractivity contribution in [2.75, 3.05) is 13.2 Å². The summed E-state index contributed by atoms with van der Waals surface area (Å²) in [5.74, 6) is -0.166. The zero-order chi connectivity index (χ0) is 48.7. The van der Waals surface area contributed by atoms with E-state index in [-0.39, 0.29) is 12.5 Å². The van der Waals surface area contributed by atoms with E-state index in [0.29, 0.717) is 12.8 Å². The van der Waals surface area contributed by atoms with Crippen molar-refractivity contribution in [1.82, 2.24) is 5.32 Å². The lowest BCUT2D eigenvalue weighted by Gasteiger charge is -2.40. The number of nitrogens with one attached hydrogen (secondary N) is 1. The van der Waals surface area contributed by atoms with Crippen LogP contribution < -0.4 is 5.32 Å². The second-order valence-electron chi connectivity index (χ2n) is 19.7. The number of amides is 1. The highest BCUT2D eigenvalue weighted by atomic mass is 16.7. The molecule has 1 rings (SSSR count). The first-order valence-corrected chi connectivity index (χ1v) is 28.3. The van der Waals surface area contributed by atoms with Gasteiger partial charge in [-0.05, 0) is 51.4 Å². The maximum Gasteiger partial charge on any atom is 0.220 e. The van der Waals surface area contributed by atoms with Crippen molar-refractivity contribution in [3.8, 4) is 0 Å². The summed E-state index contributed by atoms with van der Waals surface area (Å²) in [5, 5.41) is 54.6. The predicted molar refractivity (Wildman–Crippen MR) is 281 cm³/mol. The monoisotopic (exact) mass is 946 g/mol. The first kappa shape index (κ1) is 63.2. The normalized spacial score (nSPS) is 20.0. The number of carbonyl (C=O) groups is 1. The SMILES string of the molecule is CC/C=C\C/C=C\C/C=C\C/C=C\CCCCCCC(=O)NC(COC1OC(CO)C(O)C(O)C1O)C(O)CCCCCCCCCCCCCCCCCCCCCCCCCCCCC. The number of aliphatic hydroxyl groups excluding tert-OH is 5. The fourth-order valence-corrected chi connectivity index (χ4v) is 8.98. The molecular formula is C58H107NO8. The van der Waals surface area contributed by atoms with Crippen LogP contribution in [0.3, 0.4) is 0 Å². The van der Waals surface area contributed by atoms with E-state index in [4.69, 9.17) is 9.47 Å². The van der Waals surface area contributed by atoms with Gasteiger partial charge in [-0.15, -0.1) is 0 Å². The fraction of sp³-hybridized carbons (Fsp3) is 0.845. The molecule has 1 fully saturated rings. The van der Waals surface area contributed by atoms with Crippen LogP contribution in [-0.4, -0.2) is 87.5 Å². The molecular weight excluding hydrogens is 839 g/mol. The van der Waals surface area contributed by atoms with Gasteiger partial charge in [-0.2, -0.15) is 0 Å².